The van der Waals surface area contributed by atoms with Crippen LogP contribution in [0, 0.1) is 13.8 Å². The molecule has 1 aliphatic rings. The molecule has 0 amide bonds. The maximum atomic E-state index is 5.58. The van der Waals surface area contributed by atoms with Gasteiger partial charge in [-0.1, -0.05) is 35.4 Å². The minimum Gasteiger partial charge on any atom is -0.217 e. The summed E-state index contributed by atoms with van der Waals surface area (Å²) in [5.41, 5.74) is 2.54. The van der Waals surface area contributed by atoms with Gasteiger partial charge in [0.25, 0.3) is 0 Å². The van der Waals surface area contributed by atoms with Crippen molar-refractivity contribution < 1.29 is 4.28 Å². The SMILES string of the molecule is Cc1ccc(S2(c3ccc(C)cc3)NO2)cc1. The van der Waals surface area contributed by atoms with Crippen molar-refractivity contribution in [1.29, 1.82) is 0 Å². The van der Waals surface area contributed by atoms with Crippen LogP contribution in [0.4, 0.5) is 0 Å². The highest BCUT2D eigenvalue weighted by Gasteiger charge is 2.43. The van der Waals surface area contributed by atoms with E-state index in [-0.39, 0.29) is 0 Å². The Balaban J connectivity index is 2.01. The van der Waals surface area contributed by atoms with Crippen LogP contribution in [-0.4, -0.2) is 0 Å². The molecular formula is C14H15NOS. The van der Waals surface area contributed by atoms with Gasteiger partial charge in [0.15, 0.2) is 0 Å². The Labute approximate surface area is 103 Å². The smallest absolute Gasteiger partial charge is 0.0346 e. The van der Waals surface area contributed by atoms with Crippen LogP contribution in [0.25, 0.3) is 0 Å². The fraction of sp³-hybridized carbons (Fsp3) is 0.143. The largest absolute Gasteiger partial charge is 0.217 e. The summed E-state index contributed by atoms with van der Waals surface area (Å²) in [5, 5.41) is 0. The summed E-state index contributed by atoms with van der Waals surface area (Å²) in [6, 6.07) is 17.1. The minimum atomic E-state index is -1.37. The van der Waals surface area contributed by atoms with Crippen molar-refractivity contribution in [1.82, 2.24) is 4.89 Å². The zero-order valence-corrected chi connectivity index (χ0v) is 10.8. The van der Waals surface area contributed by atoms with Crippen molar-refractivity contribution >= 4 is 10.5 Å². The number of nitrogens with one attached hydrogen (secondary N) is 1. The molecule has 0 aliphatic carbocycles. The molecule has 3 rings (SSSR count). The quantitative estimate of drug-likeness (QED) is 0.814. The average Bonchev–Trinajstić information content (AvgIpc) is 3.12. The third kappa shape index (κ3) is 1.86. The molecule has 3 heteroatoms. The van der Waals surface area contributed by atoms with Crippen molar-refractivity contribution in [3.63, 3.8) is 0 Å². The highest BCUT2D eigenvalue weighted by Crippen LogP contribution is 2.69. The lowest BCUT2D eigenvalue weighted by molar-refractivity contribution is 0.467. The van der Waals surface area contributed by atoms with Crippen LogP contribution in [0.2, 0.25) is 0 Å². The second-order valence-electron chi connectivity index (χ2n) is 4.35. The number of hydrogen-bond donors (Lipinski definition) is 1. The van der Waals surface area contributed by atoms with Crippen molar-refractivity contribution in [3.8, 4) is 0 Å². The molecule has 0 saturated carbocycles. The van der Waals surface area contributed by atoms with E-state index in [1.54, 1.807) is 0 Å². The first kappa shape index (κ1) is 10.8. The lowest BCUT2D eigenvalue weighted by atomic mass is 10.2. The molecule has 2 nitrogen and oxygen atoms in total. The third-order valence-electron chi connectivity index (χ3n) is 2.96. The molecule has 1 fully saturated rings. The van der Waals surface area contributed by atoms with Gasteiger partial charge in [0.05, 0.1) is 0 Å². The predicted molar refractivity (Wildman–Crippen MR) is 70.7 cm³/mol. The molecule has 0 unspecified atom stereocenters. The molecule has 1 saturated heterocycles. The topological polar surface area (TPSA) is 34.5 Å². The lowest BCUT2D eigenvalue weighted by Gasteiger charge is -2.15. The van der Waals surface area contributed by atoms with Crippen LogP contribution in [0.15, 0.2) is 58.3 Å². The number of aryl methyl sites for hydroxylation is 2. The van der Waals surface area contributed by atoms with E-state index in [0.717, 1.165) is 0 Å². The van der Waals surface area contributed by atoms with Crippen LogP contribution in [0.3, 0.4) is 0 Å². The Kier molecular flexibility index (Phi) is 2.47. The highest BCUT2D eigenvalue weighted by molar-refractivity contribution is 8.32. The Morgan fingerprint density at radius 3 is 1.41 bits per heavy atom. The molecule has 1 N–H and O–H groups in total. The second-order valence-corrected chi connectivity index (χ2v) is 6.74. The molecule has 0 aromatic heterocycles. The van der Waals surface area contributed by atoms with Crippen LogP contribution >= 0.6 is 10.5 Å². The molecule has 88 valence electrons. The molecule has 2 aromatic rings. The molecule has 2 aromatic carbocycles. The van der Waals surface area contributed by atoms with Crippen molar-refractivity contribution in [2.24, 2.45) is 0 Å². The molecule has 17 heavy (non-hydrogen) atoms. The van der Waals surface area contributed by atoms with E-state index in [1.807, 2.05) is 0 Å². The van der Waals surface area contributed by atoms with Crippen LogP contribution in [0.1, 0.15) is 11.1 Å². The van der Waals surface area contributed by atoms with E-state index in [1.165, 1.54) is 20.9 Å². The average molecular weight is 245 g/mol. The normalized spacial score (nSPS) is 18.7. The first-order valence-electron chi connectivity index (χ1n) is 5.63. The summed E-state index contributed by atoms with van der Waals surface area (Å²) < 4.78 is 5.58. The van der Waals surface area contributed by atoms with Gasteiger partial charge in [-0.2, -0.15) is 0 Å². The monoisotopic (exact) mass is 245 g/mol. The lowest BCUT2D eigenvalue weighted by Crippen LogP contribution is -1.90. The van der Waals surface area contributed by atoms with Gasteiger partial charge in [0.1, 0.15) is 0 Å². The van der Waals surface area contributed by atoms with Crippen molar-refractivity contribution in [2.75, 3.05) is 0 Å². The van der Waals surface area contributed by atoms with E-state index in [0.29, 0.717) is 0 Å². The Hall–Kier alpha value is -1.29. The van der Waals surface area contributed by atoms with Gasteiger partial charge in [0.2, 0.25) is 0 Å². The van der Waals surface area contributed by atoms with Crippen molar-refractivity contribution in [3.05, 3.63) is 59.7 Å². The molecular weight excluding hydrogens is 230 g/mol. The third-order valence-corrected chi connectivity index (χ3v) is 5.33. The summed E-state index contributed by atoms with van der Waals surface area (Å²) >= 11 is 0. The van der Waals surface area contributed by atoms with E-state index in [9.17, 15) is 0 Å². The van der Waals surface area contributed by atoms with E-state index in [4.69, 9.17) is 4.28 Å². The van der Waals surface area contributed by atoms with Gasteiger partial charge in [0, 0.05) is 20.3 Å². The van der Waals surface area contributed by atoms with Crippen LogP contribution in [-0.2, 0) is 4.28 Å². The minimum absolute atomic E-state index is 1.23. The van der Waals surface area contributed by atoms with Gasteiger partial charge in [-0.15, -0.1) is 4.89 Å². The molecule has 1 heterocycles. The van der Waals surface area contributed by atoms with Gasteiger partial charge >= 0.3 is 0 Å². The molecule has 0 radical (unpaired) electrons. The second kappa shape index (κ2) is 3.88. The van der Waals surface area contributed by atoms with Crippen LogP contribution in [0.5, 0.6) is 0 Å². The van der Waals surface area contributed by atoms with E-state index < -0.39 is 10.5 Å². The zero-order valence-electron chi connectivity index (χ0n) is 9.94. The van der Waals surface area contributed by atoms with Gasteiger partial charge in [-0.3, -0.25) is 0 Å². The highest BCUT2D eigenvalue weighted by atomic mass is 32.3. The summed E-state index contributed by atoms with van der Waals surface area (Å²) in [7, 11) is -1.37. The first-order valence-corrected chi connectivity index (χ1v) is 7.18. The van der Waals surface area contributed by atoms with E-state index in [2.05, 4.69) is 67.3 Å². The van der Waals surface area contributed by atoms with Gasteiger partial charge in [-0.05, 0) is 38.1 Å². The molecule has 1 aliphatic heterocycles. The fourth-order valence-electron chi connectivity index (χ4n) is 1.82. The number of rotatable bonds is 2. The summed E-state index contributed by atoms with van der Waals surface area (Å²) in [6.45, 7) is 4.19. The summed E-state index contributed by atoms with van der Waals surface area (Å²) in [4.78, 5) is 5.56. The Morgan fingerprint density at radius 1 is 0.765 bits per heavy atom. The Bertz CT molecular complexity index is 482. The predicted octanol–water partition coefficient (Wildman–Crippen LogP) is 3.89. The standard InChI is InChI=1S/C14H15NOS/c1-11-3-7-13(8-4-11)17(15-16-17)14-9-5-12(2)6-10-14/h3-10,15H,1-2H3. The molecule has 0 spiro atoms. The maximum absolute atomic E-state index is 5.58. The number of hydrogen-bond acceptors (Lipinski definition) is 2. The first-order chi connectivity index (χ1) is 8.21. The molecule has 0 bridgehead atoms. The van der Waals surface area contributed by atoms with Gasteiger partial charge in [-0.25, -0.2) is 4.28 Å². The Morgan fingerprint density at radius 2 is 1.12 bits per heavy atom. The summed E-state index contributed by atoms with van der Waals surface area (Å²) in [6.07, 6.45) is 0. The van der Waals surface area contributed by atoms with Crippen molar-refractivity contribution in [2.45, 2.75) is 23.6 Å². The maximum Gasteiger partial charge on any atom is 0.0346 e. The van der Waals surface area contributed by atoms with Crippen LogP contribution < -0.4 is 4.89 Å². The van der Waals surface area contributed by atoms with Gasteiger partial charge < -0.3 is 0 Å². The van der Waals surface area contributed by atoms with E-state index >= 15 is 0 Å². The zero-order chi connectivity index (χ0) is 11.9. The number of benzene rings is 2. The fourth-order valence-corrected chi connectivity index (χ4v) is 3.79. The summed E-state index contributed by atoms with van der Waals surface area (Å²) in [5.74, 6) is 0. The molecule has 0 atom stereocenters.